The summed E-state index contributed by atoms with van der Waals surface area (Å²) < 4.78 is 6.78. The van der Waals surface area contributed by atoms with E-state index < -0.39 is 5.60 Å². The zero-order valence-corrected chi connectivity index (χ0v) is 13.7. The first kappa shape index (κ1) is 15.0. The number of ether oxygens (including phenoxy) is 1. The van der Waals surface area contributed by atoms with Crippen LogP contribution in [0.4, 0.5) is 0 Å². The van der Waals surface area contributed by atoms with Gasteiger partial charge in [-0.15, -0.1) is 0 Å². The largest absolute Gasteiger partial charge is 0.456 e. The molecule has 106 valence electrons. The summed E-state index contributed by atoms with van der Waals surface area (Å²) in [4.78, 5) is 4.13. The van der Waals surface area contributed by atoms with Gasteiger partial charge in [-0.05, 0) is 61.3 Å². The number of hydrogen-bond donors (Lipinski definition) is 1. The smallest absolute Gasteiger partial charge is 0.141 e. The summed E-state index contributed by atoms with van der Waals surface area (Å²) in [6.07, 6.45) is 3.56. The molecule has 1 aromatic carbocycles. The Kier molecular flexibility index (Phi) is 4.16. The van der Waals surface area contributed by atoms with Crippen LogP contribution in [-0.2, 0) is 5.60 Å². The van der Waals surface area contributed by atoms with Gasteiger partial charge in [-0.3, -0.25) is 4.98 Å². The van der Waals surface area contributed by atoms with Gasteiger partial charge in [0.1, 0.15) is 11.5 Å². The fourth-order valence-corrected chi connectivity index (χ4v) is 2.38. The first-order chi connectivity index (χ1) is 9.29. The molecule has 0 saturated carbocycles. The Balaban J connectivity index is 2.36. The Bertz CT molecular complexity index is 613. The van der Waals surface area contributed by atoms with Crippen LogP contribution in [0.2, 0.25) is 0 Å². The number of aryl methyl sites for hydroxylation is 2. The van der Waals surface area contributed by atoms with Crippen molar-refractivity contribution in [2.24, 2.45) is 0 Å². The van der Waals surface area contributed by atoms with Crippen LogP contribution in [-0.4, -0.2) is 10.1 Å². The summed E-state index contributed by atoms with van der Waals surface area (Å²) in [7, 11) is 0. The highest BCUT2D eigenvalue weighted by molar-refractivity contribution is 9.10. The van der Waals surface area contributed by atoms with Crippen LogP contribution in [0, 0.1) is 13.8 Å². The molecular weight excluding hydrogens is 318 g/mol. The lowest BCUT2D eigenvalue weighted by Gasteiger charge is -2.19. The summed E-state index contributed by atoms with van der Waals surface area (Å²) in [6.45, 7) is 7.45. The van der Waals surface area contributed by atoms with Crippen LogP contribution in [0.15, 0.2) is 35.1 Å². The SMILES string of the molecule is Cc1cncc(C)c1Oc1ccc(C(C)(C)O)cc1Br. The van der Waals surface area contributed by atoms with Crippen molar-refractivity contribution in [2.45, 2.75) is 33.3 Å². The van der Waals surface area contributed by atoms with Gasteiger partial charge in [0.05, 0.1) is 10.1 Å². The molecular formula is C16H18BrNO2. The molecule has 0 bridgehead atoms. The molecule has 0 aliphatic rings. The van der Waals surface area contributed by atoms with Gasteiger partial charge >= 0.3 is 0 Å². The van der Waals surface area contributed by atoms with Crippen molar-refractivity contribution in [1.82, 2.24) is 4.98 Å². The van der Waals surface area contributed by atoms with Gasteiger partial charge in [-0.25, -0.2) is 0 Å². The molecule has 0 unspecified atom stereocenters. The normalized spacial score (nSPS) is 11.5. The van der Waals surface area contributed by atoms with Crippen molar-refractivity contribution in [1.29, 1.82) is 0 Å². The lowest BCUT2D eigenvalue weighted by Crippen LogP contribution is -2.15. The number of halogens is 1. The van der Waals surface area contributed by atoms with E-state index in [4.69, 9.17) is 4.74 Å². The van der Waals surface area contributed by atoms with Crippen LogP contribution in [0.5, 0.6) is 11.5 Å². The van der Waals surface area contributed by atoms with E-state index in [1.165, 1.54) is 0 Å². The Morgan fingerprint density at radius 1 is 1.15 bits per heavy atom. The van der Waals surface area contributed by atoms with Crippen molar-refractivity contribution in [3.05, 3.63) is 51.8 Å². The molecule has 0 radical (unpaired) electrons. The summed E-state index contributed by atoms with van der Waals surface area (Å²) in [5, 5.41) is 10.0. The molecule has 2 rings (SSSR count). The zero-order valence-electron chi connectivity index (χ0n) is 12.1. The van der Waals surface area contributed by atoms with E-state index in [1.807, 2.05) is 32.0 Å². The van der Waals surface area contributed by atoms with Crippen molar-refractivity contribution in [3.8, 4) is 11.5 Å². The third-order valence-electron chi connectivity index (χ3n) is 3.10. The van der Waals surface area contributed by atoms with Crippen LogP contribution in [0.25, 0.3) is 0 Å². The molecule has 0 fully saturated rings. The van der Waals surface area contributed by atoms with Gasteiger partial charge in [0.25, 0.3) is 0 Å². The predicted octanol–water partition coefficient (Wildman–Crippen LogP) is 4.48. The van der Waals surface area contributed by atoms with E-state index in [-0.39, 0.29) is 0 Å². The van der Waals surface area contributed by atoms with Crippen molar-refractivity contribution in [3.63, 3.8) is 0 Å². The average Bonchev–Trinajstić information content (AvgIpc) is 2.34. The minimum Gasteiger partial charge on any atom is -0.456 e. The quantitative estimate of drug-likeness (QED) is 0.899. The summed E-state index contributed by atoms with van der Waals surface area (Å²) in [5.74, 6) is 1.53. The van der Waals surface area contributed by atoms with Gasteiger partial charge in [0.15, 0.2) is 0 Å². The maximum atomic E-state index is 10.0. The highest BCUT2D eigenvalue weighted by atomic mass is 79.9. The Morgan fingerprint density at radius 3 is 2.25 bits per heavy atom. The molecule has 0 atom stereocenters. The lowest BCUT2D eigenvalue weighted by atomic mass is 9.99. The van der Waals surface area contributed by atoms with Crippen LogP contribution in [0.1, 0.15) is 30.5 Å². The summed E-state index contributed by atoms with van der Waals surface area (Å²) in [6, 6.07) is 5.60. The summed E-state index contributed by atoms with van der Waals surface area (Å²) >= 11 is 3.49. The standard InChI is InChI=1S/C16H18BrNO2/c1-10-8-18-9-11(2)15(10)20-14-6-5-12(7-13(14)17)16(3,4)19/h5-9,19H,1-4H3. The molecule has 0 saturated heterocycles. The Hall–Kier alpha value is -1.39. The molecule has 0 spiro atoms. The van der Waals surface area contributed by atoms with E-state index in [1.54, 1.807) is 26.2 Å². The number of hydrogen-bond acceptors (Lipinski definition) is 3. The fraction of sp³-hybridized carbons (Fsp3) is 0.312. The van der Waals surface area contributed by atoms with Gasteiger partial charge in [0.2, 0.25) is 0 Å². The molecule has 0 aliphatic carbocycles. The third kappa shape index (κ3) is 3.19. The maximum Gasteiger partial charge on any atom is 0.141 e. The van der Waals surface area contributed by atoms with E-state index in [9.17, 15) is 5.11 Å². The fourth-order valence-electron chi connectivity index (χ4n) is 1.92. The lowest BCUT2D eigenvalue weighted by molar-refractivity contribution is 0.0785. The van der Waals surface area contributed by atoms with Gasteiger partial charge < -0.3 is 9.84 Å². The number of rotatable bonds is 3. The number of aromatic nitrogens is 1. The first-order valence-electron chi connectivity index (χ1n) is 6.40. The molecule has 0 aliphatic heterocycles. The van der Waals surface area contributed by atoms with Crippen molar-refractivity contribution in [2.75, 3.05) is 0 Å². The van der Waals surface area contributed by atoms with Gasteiger partial charge in [0, 0.05) is 23.5 Å². The molecule has 1 aromatic heterocycles. The van der Waals surface area contributed by atoms with E-state index >= 15 is 0 Å². The average molecular weight is 336 g/mol. The van der Waals surface area contributed by atoms with Crippen LogP contribution >= 0.6 is 15.9 Å². The predicted molar refractivity (Wildman–Crippen MR) is 83.2 cm³/mol. The van der Waals surface area contributed by atoms with Crippen LogP contribution in [0.3, 0.4) is 0 Å². The minimum absolute atomic E-state index is 0.718. The van der Waals surface area contributed by atoms with Crippen molar-refractivity contribution < 1.29 is 9.84 Å². The number of pyridine rings is 1. The second-order valence-corrected chi connectivity index (χ2v) is 6.26. The second kappa shape index (κ2) is 5.54. The highest BCUT2D eigenvalue weighted by Gasteiger charge is 2.18. The first-order valence-corrected chi connectivity index (χ1v) is 7.20. The molecule has 20 heavy (non-hydrogen) atoms. The minimum atomic E-state index is -0.871. The second-order valence-electron chi connectivity index (χ2n) is 5.41. The highest BCUT2D eigenvalue weighted by Crippen LogP contribution is 2.35. The zero-order chi connectivity index (χ0) is 14.9. The topological polar surface area (TPSA) is 42.4 Å². The molecule has 2 aromatic rings. The number of nitrogens with zero attached hydrogens (tertiary/aromatic N) is 1. The number of benzene rings is 1. The van der Waals surface area contributed by atoms with E-state index in [0.29, 0.717) is 0 Å². The molecule has 1 heterocycles. The summed E-state index contributed by atoms with van der Waals surface area (Å²) in [5.41, 5.74) is 1.94. The monoisotopic (exact) mass is 335 g/mol. The van der Waals surface area contributed by atoms with Gasteiger partial charge in [-0.2, -0.15) is 0 Å². The molecule has 4 heteroatoms. The van der Waals surface area contributed by atoms with Crippen LogP contribution < -0.4 is 4.74 Å². The number of aliphatic hydroxyl groups is 1. The van der Waals surface area contributed by atoms with E-state index in [0.717, 1.165) is 32.7 Å². The van der Waals surface area contributed by atoms with Crippen molar-refractivity contribution >= 4 is 15.9 Å². The third-order valence-corrected chi connectivity index (χ3v) is 3.72. The Labute approximate surface area is 127 Å². The molecule has 1 N–H and O–H groups in total. The molecule has 3 nitrogen and oxygen atoms in total. The van der Waals surface area contributed by atoms with E-state index in [2.05, 4.69) is 20.9 Å². The molecule has 0 amide bonds. The maximum absolute atomic E-state index is 10.0. The van der Waals surface area contributed by atoms with Gasteiger partial charge in [-0.1, -0.05) is 6.07 Å². The Morgan fingerprint density at radius 2 is 1.75 bits per heavy atom.